The van der Waals surface area contributed by atoms with Crippen molar-refractivity contribution in [2.45, 2.75) is 0 Å². The van der Waals surface area contributed by atoms with Crippen molar-refractivity contribution in [3.63, 3.8) is 0 Å². The average Bonchev–Trinajstić information content (AvgIpc) is 3.35. The Balaban J connectivity index is 1.31. The summed E-state index contributed by atoms with van der Waals surface area (Å²) in [6.45, 7) is 0.00836. The molecule has 0 N–H and O–H groups in total. The van der Waals surface area contributed by atoms with Crippen LogP contribution in [0.25, 0.3) is 38.8 Å². The second-order valence-electron chi connectivity index (χ2n) is 10.3. The van der Waals surface area contributed by atoms with Gasteiger partial charge in [0.2, 0.25) is 5.88 Å². The molecule has 0 fully saturated rings. The van der Waals surface area contributed by atoms with Crippen LogP contribution in [0.5, 0.6) is 23.1 Å². The second-order valence-corrected chi connectivity index (χ2v) is 10.3. The highest BCUT2D eigenvalue weighted by molar-refractivity contribution is 6.98. The molecule has 40 heavy (non-hydrogen) atoms. The van der Waals surface area contributed by atoms with Gasteiger partial charge in [-0.1, -0.05) is 91.0 Å². The van der Waals surface area contributed by atoms with Crippen LogP contribution in [0.2, 0.25) is 0 Å². The summed E-state index contributed by atoms with van der Waals surface area (Å²) in [6.07, 6.45) is 0. The van der Waals surface area contributed by atoms with Gasteiger partial charge in [-0.05, 0) is 41.3 Å². The predicted molar refractivity (Wildman–Crippen MR) is 162 cm³/mol. The van der Waals surface area contributed by atoms with Crippen molar-refractivity contribution in [1.82, 2.24) is 9.55 Å². The Labute approximate surface area is 231 Å². The standard InChI is InChI=1S/C35H21BN2O2/c1-6-16-28-22(11-1)23-12-2-7-17-29(23)38(28)30-18-8-3-13-24(30)27-21-33-34-35(37-27)40-32-20-10-5-15-26(32)36(34)25-14-4-9-19-31(25)39-33/h1-21H. The molecule has 0 bridgehead atoms. The molecule has 0 amide bonds. The molecule has 0 saturated carbocycles. The van der Waals surface area contributed by atoms with E-state index in [0.29, 0.717) is 5.88 Å². The van der Waals surface area contributed by atoms with Gasteiger partial charge in [0, 0.05) is 27.9 Å². The zero-order valence-corrected chi connectivity index (χ0v) is 21.4. The Morgan fingerprint density at radius 3 is 1.85 bits per heavy atom. The van der Waals surface area contributed by atoms with Gasteiger partial charge in [-0.25, -0.2) is 4.98 Å². The summed E-state index contributed by atoms with van der Waals surface area (Å²) < 4.78 is 15.4. The third-order valence-corrected chi connectivity index (χ3v) is 8.16. The predicted octanol–water partition coefficient (Wildman–Crippen LogP) is 6.57. The minimum atomic E-state index is 0.00836. The van der Waals surface area contributed by atoms with Crippen LogP contribution in [0, 0.1) is 0 Å². The summed E-state index contributed by atoms with van der Waals surface area (Å²) in [5, 5.41) is 2.45. The van der Waals surface area contributed by atoms with Crippen molar-refractivity contribution in [3.05, 3.63) is 127 Å². The van der Waals surface area contributed by atoms with Crippen LogP contribution in [0.3, 0.4) is 0 Å². The summed E-state index contributed by atoms with van der Waals surface area (Å²) >= 11 is 0. The van der Waals surface area contributed by atoms with E-state index in [2.05, 4.69) is 108 Å². The lowest BCUT2D eigenvalue weighted by Gasteiger charge is -2.32. The molecule has 0 unspecified atom stereocenters. The maximum absolute atomic E-state index is 6.55. The first-order chi connectivity index (χ1) is 19.8. The fraction of sp³-hybridized carbons (Fsp3) is 0. The molecule has 9 rings (SSSR count). The van der Waals surface area contributed by atoms with Gasteiger partial charge in [0.15, 0.2) is 0 Å². The van der Waals surface area contributed by atoms with E-state index < -0.39 is 0 Å². The van der Waals surface area contributed by atoms with Crippen LogP contribution in [-0.4, -0.2) is 16.3 Å². The lowest BCUT2D eigenvalue weighted by molar-refractivity contribution is 0.451. The van der Waals surface area contributed by atoms with E-state index in [1.54, 1.807) is 0 Å². The highest BCUT2D eigenvalue weighted by Crippen LogP contribution is 2.39. The Morgan fingerprint density at radius 2 is 1.12 bits per heavy atom. The van der Waals surface area contributed by atoms with Crippen molar-refractivity contribution in [2.75, 3.05) is 0 Å². The van der Waals surface area contributed by atoms with Crippen LogP contribution in [0.15, 0.2) is 127 Å². The van der Waals surface area contributed by atoms with Gasteiger partial charge in [0.05, 0.1) is 22.4 Å². The van der Waals surface area contributed by atoms with Crippen molar-refractivity contribution < 1.29 is 9.47 Å². The molecule has 4 heterocycles. The molecule has 2 aliphatic heterocycles. The van der Waals surface area contributed by atoms with Crippen LogP contribution in [-0.2, 0) is 0 Å². The number of nitrogens with zero attached hydrogens (tertiary/aromatic N) is 2. The van der Waals surface area contributed by atoms with Crippen molar-refractivity contribution in [2.24, 2.45) is 0 Å². The molecular formula is C35H21BN2O2. The molecule has 0 saturated heterocycles. The van der Waals surface area contributed by atoms with Crippen LogP contribution in [0.1, 0.15) is 0 Å². The van der Waals surface area contributed by atoms with Crippen LogP contribution in [0.4, 0.5) is 0 Å². The number of aromatic nitrogens is 2. The van der Waals surface area contributed by atoms with Gasteiger partial charge in [0.1, 0.15) is 17.2 Å². The third-order valence-electron chi connectivity index (χ3n) is 8.16. The molecule has 0 radical (unpaired) electrons. The molecule has 2 aliphatic rings. The molecule has 186 valence electrons. The monoisotopic (exact) mass is 512 g/mol. The molecule has 5 heteroatoms. The maximum atomic E-state index is 6.55. The number of pyridine rings is 1. The average molecular weight is 512 g/mol. The first-order valence-corrected chi connectivity index (χ1v) is 13.5. The number of benzene rings is 5. The SMILES string of the molecule is c1ccc2c(c1)Oc1cc(-c3ccccc3-n3c4ccccc4c4ccccc43)nc3c1B2c1ccccc1O3. The molecule has 4 nitrogen and oxygen atoms in total. The number of para-hydroxylation sites is 5. The van der Waals surface area contributed by atoms with Crippen molar-refractivity contribution in [3.8, 4) is 40.1 Å². The van der Waals surface area contributed by atoms with E-state index in [9.17, 15) is 0 Å². The van der Waals surface area contributed by atoms with Gasteiger partial charge >= 0.3 is 0 Å². The smallest absolute Gasteiger partial charge is 0.262 e. The first kappa shape index (κ1) is 21.6. The van der Waals surface area contributed by atoms with Crippen molar-refractivity contribution >= 4 is 44.9 Å². The number of ether oxygens (including phenoxy) is 2. The molecule has 0 atom stereocenters. The van der Waals surface area contributed by atoms with E-state index in [-0.39, 0.29) is 6.71 Å². The number of hydrogen-bond donors (Lipinski definition) is 0. The maximum Gasteiger partial charge on any atom is 0.262 e. The zero-order chi connectivity index (χ0) is 26.2. The second kappa shape index (κ2) is 8.11. The quantitative estimate of drug-likeness (QED) is 0.246. The van der Waals surface area contributed by atoms with Crippen LogP contribution >= 0.6 is 0 Å². The highest BCUT2D eigenvalue weighted by Gasteiger charge is 2.41. The molecule has 2 aromatic heterocycles. The van der Waals surface area contributed by atoms with Gasteiger partial charge in [-0.3, -0.25) is 0 Å². The van der Waals surface area contributed by atoms with Gasteiger partial charge in [-0.15, -0.1) is 0 Å². The number of hydrogen-bond acceptors (Lipinski definition) is 3. The normalized spacial score (nSPS) is 12.8. The summed E-state index contributed by atoms with van der Waals surface area (Å²) in [4.78, 5) is 5.16. The molecule has 0 spiro atoms. The summed E-state index contributed by atoms with van der Waals surface area (Å²) in [5.74, 6) is 3.09. The van der Waals surface area contributed by atoms with E-state index in [1.807, 2.05) is 24.3 Å². The molecule has 0 aliphatic carbocycles. The van der Waals surface area contributed by atoms with Gasteiger partial charge < -0.3 is 14.0 Å². The van der Waals surface area contributed by atoms with E-state index in [4.69, 9.17) is 14.5 Å². The first-order valence-electron chi connectivity index (χ1n) is 13.5. The van der Waals surface area contributed by atoms with E-state index >= 15 is 0 Å². The lowest BCUT2D eigenvalue weighted by Crippen LogP contribution is -2.57. The Kier molecular flexibility index (Phi) is 4.38. The fourth-order valence-corrected chi connectivity index (χ4v) is 6.47. The summed E-state index contributed by atoms with van der Waals surface area (Å²) in [5.41, 5.74) is 8.44. The number of fused-ring (bicyclic) bond motifs is 7. The minimum Gasteiger partial charge on any atom is -0.458 e. The summed E-state index contributed by atoms with van der Waals surface area (Å²) in [6, 6.07) is 44.2. The van der Waals surface area contributed by atoms with E-state index in [0.717, 1.165) is 61.6 Å². The molecule has 5 aromatic carbocycles. The summed E-state index contributed by atoms with van der Waals surface area (Å²) in [7, 11) is 0. The molecular weight excluding hydrogens is 491 g/mol. The Hall–Kier alpha value is -5.29. The zero-order valence-electron chi connectivity index (χ0n) is 21.4. The Morgan fingerprint density at radius 1 is 0.550 bits per heavy atom. The van der Waals surface area contributed by atoms with Gasteiger partial charge in [0.25, 0.3) is 6.71 Å². The topological polar surface area (TPSA) is 36.3 Å². The van der Waals surface area contributed by atoms with Crippen LogP contribution < -0.4 is 25.9 Å². The third kappa shape index (κ3) is 2.94. The minimum absolute atomic E-state index is 0.00836. The molecule has 7 aromatic rings. The fourth-order valence-electron chi connectivity index (χ4n) is 6.47. The van der Waals surface area contributed by atoms with Gasteiger partial charge in [-0.2, -0.15) is 0 Å². The van der Waals surface area contributed by atoms with E-state index in [1.165, 1.54) is 10.8 Å². The Bertz CT molecular complexity index is 2020. The highest BCUT2D eigenvalue weighted by atomic mass is 16.5. The van der Waals surface area contributed by atoms with Crippen molar-refractivity contribution in [1.29, 1.82) is 0 Å². The number of rotatable bonds is 2. The largest absolute Gasteiger partial charge is 0.458 e. The lowest BCUT2D eigenvalue weighted by atomic mass is 9.35.